The van der Waals surface area contributed by atoms with E-state index in [1.54, 1.807) is 26.4 Å². The van der Waals surface area contributed by atoms with E-state index >= 15 is 0 Å². The zero-order chi connectivity index (χ0) is 15.9. The Morgan fingerprint density at radius 1 is 1.09 bits per heavy atom. The molecule has 0 radical (unpaired) electrons. The highest BCUT2D eigenvalue weighted by molar-refractivity contribution is 6.31. The topological polar surface area (TPSA) is 47.6 Å². The van der Waals surface area contributed by atoms with Crippen LogP contribution in [0.3, 0.4) is 0 Å². The fourth-order valence-corrected chi connectivity index (χ4v) is 2.25. The van der Waals surface area contributed by atoms with Crippen LogP contribution >= 0.6 is 11.6 Å². The molecule has 0 saturated carbocycles. The minimum Gasteiger partial charge on any atom is -0.497 e. The summed E-state index contributed by atoms with van der Waals surface area (Å²) in [6.07, 6.45) is 0.251. The summed E-state index contributed by atoms with van der Waals surface area (Å²) >= 11 is 6.05. The van der Waals surface area contributed by atoms with Gasteiger partial charge in [0, 0.05) is 17.6 Å². The maximum Gasteiger partial charge on any atom is 0.224 e. The number of carbonyl (C=O) groups excluding carboxylic acids is 1. The van der Waals surface area contributed by atoms with Gasteiger partial charge in [0.05, 0.1) is 20.6 Å². The van der Waals surface area contributed by atoms with E-state index in [9.17, 15) is 4.79 Å². The minimum atomic E-state index is -0.0881. The van der Waals surface area contributed by atoms with Gasteiger partial charge in [0.1, 0.15) is 11.5 Å². The molecule has 1 N–H and O–H groups in total. The Bertz CT molecular complexity index is 636. The third-order valence-electron chi connectivity index (χ3n) is 3.21. The molecule has 0 aliphatic carbocycles. The number of hydrogen-bond acceptors (Lipinski definition) is 3. The minimum absolute atomic E-state index is 0.0881. The smallest absolute Gasteiger partial charge is 0.224 e. The Balaban J connectivity index is 1.98. The Morgan fingerprint density at radius 2 is 1.73 bits per heavy atom. The summed E-state index contributed by atoms with van der Waals surface area (Å²) in [5.74, 6) is 1.29. The molecule has 0 spiro atoms. The predicted molar refractivity (Wildman–Crippen MR) is 86.5 cm³/mol. The van der Waals surface area contributed by atoms with Gasteiger partial charge >= 0.3 is 0 Å². The number of benzene rings is 2. The van der Waals surface area contributed by atoms with E-state index in [4.69, 9.17) is 21.1 Å². The molecule has 2 aromatic carbocycles. The molecule has 0 unspecified atom stereocenters. The standard InChI is InChI=1S/C17H18ClNO3/c1-21-14-7-12(8-15(10-14)22-2)11-19-17(20)9-13-5-3-4-6-16(13)18/h3-8,10H,9,11H2,1-2H3,(H,19,20). The lowest BCUT2D eigenvalue weighted by Gasteiger charge is -2.10. The van der Waals surface area contributed by atoms with Crippen LogP contribution in [-0.2, 0) is 17.8 Å². The molecule has 0 aromatic heterocycles. The molecule has 4 nitrogen and oxygen atoms in total. The summed E-state index contributed by atoms with van der Waals surface area (Å²) in [6.45, 7) is 0.400. The van der Waals surface area contributed by atoms with E-state index in [0.717, 1.165) is 11.1 Å². The van der Waals surface area contributed by atoms with Gasteiger partial charge in [-0.25, -0.2) is 0 Å². The second-order valence-electron chi connectivity index (χ2n) is 4.77. The van der Waals surface area contributed by atoms with Crippen molar-refractivity contribution in [3.05, 3.63) is 58.6 Å². The van der Waals surface area contributed by atoms with Crippen LogP contribution in [-0.4, -0.2) is 20.1 Å². The molecule has 0 fully saturated rings. The Morgan fingerprint density at radius 3 is 2.32 bits per heavy atom. The Hall–Kier alpha value is -2.20. The van der Waals surface area contributed by atoms with E-state index in [1.165, 1.54) is 0 Å². The summed E-state index contributed by atoms with van der Waals surface area (Å²) in [5.41, 5.74) is 1.72. The number of nitrogens with one attached hydrogen (secondary N) is 1. The Kier molecular flexibility index (Phi) is 5.67. The lowest BCUT2D eigenvalue weighted by molar-refractivity contribution is -0.120. The van der Waals surface area contributed by atoms with Gasteiger partial charge < -0.3 is 14.8 Å². The van der Waals surface area contributed by atoms with Crippen LogP contribution in [0.2, 0.25) is 5.02 Å². The van der Waals surface area contributed by atoms with Gasteiger partial charge in [-0.05, 0) is 29.3 Å². The normalized spacial score (nSPS) is 10.1. The van der Waals surface area contributed by atoms with Gasteiger partial charge in [-0.1, -0.05) is 29.8 Å². The van der Waals surface area contributed by atoms with Crippen molar-refractivity contribution in [3.63, 3.8) is 0 Å². The van der Waals surface area contributed by atoms with E-state index in [0.29, 0.717) is 23.1 Å². The van der Waals surface area contributed by atoms with Crippen LogP contribution in [0, 0.1) is 0 Å². The lowest BCUT2D eigenvalue weighted by Crippen LogP contribution is -2.24. The average Bonchev–Trinajstić information content (AvgIpc) is 2.54. The zero-order valence-electron chi connectivity index (χ0n) is 12.6. The summed E-state index contributed by atoms with van der Waals surface area (Å²) in [5, 5.41) is 3.47. The van der Waals surface area contributed by atoms with Crippen LogP contribution in [0.1, 0.15) is 11.1 Å². The van der Waals surface area contributed by atoms with Crippen LogP contribution in [0.25, 0.3) is 0 Å². The monoisotopic (exact) mass is 319 g/mol. The molecule has 0 aliphatic rings. The van der Waals surface area contributed by atoms with Gasteiger partial charge in [0.25, 0.3) is 0 Å². The summed E-state index contributed by atoms with van der Waals surface area (Å²) in [6, 6.07) is 12.8. The average molecular weight is 320 g/mol. The summed E-state index contributed by atoms with van der Waals surface area (Å²) in [4.78, 5) is 12.0. The van der Waals surface area contributed by atoms with E-state index in [1.807, 2.05) is 30.3 Å². The molecule has 5 heteroatoms. The summed E-state index contributed by atoms with van der Waals surface area (Å²) in [7, 11) is 3.18. The van der Waals surface area contributed by atoms with Crippen LogP contribution in [0.15, 0.2) is 42.5 Å². The Labute approximate surface area is 135 Å². The first kappa shape index (κ1) is 16.2. The second-order valence-corrected chi connectivity index (χ2v) is 5.17. The molecular formula is C17H18ClNO3. The van der Waals surface area contributed by atoms with Gasteiger partial charge in [0.15, 0.2) is 0 Å². The van der Waals surface area contributed by atoms with Crippen LogP contribution in [0.4, 0.5) is 0 Å². The van der Waals surface area contributed by atoms with Crippen molar-refractivity contribution in [3.8, 4) is 11.5 Å². The number of hydrogen-bond donors (Lipinski definition) is 1. The molecule has 0 bridgehead atoms. The van der Waals surface area contributed by atoms with Crippen molar-refractivity contribution in [2.75, 3.05) is 14.2 Å². The number of carbonyl (C=O) groups is 1. The van der Waals surface area contributed by atoms with Crippen molar-refractivity contribution in [1.82, 2.24) is 5.32 Å². The van der Waals surface area contributed by atoms with Crippen molar-refractivity contribution in [1.29, 1.82) is 0 Å². The molecule has 0 aliphatic heterocycles. The molecular weight excluding hydrogens is 302 g/mol. The van der Waals surface area contributed by atoms with Crippen LogP contribution < -0.4 is 14.8 Å². The molecule has 0 saturated heterocycles. The summed E-state index contributed by atoms with van der Waals surface area (Å²) < 4.78 is 10.4. The van der Waals surface area contributed by atoms with E-state index in [-0.39, 0.29) is 12.3 Å². The molecule has 0 atom stereocenters. The van der Waals surface area contributed by atoms with Gasteiger partial charge in [-0.3, -0.25) is 4.79 Å². The number of ether oxygens (including phenoxy) is 2. The van der Waals surface area contributed by atoms with Gasteiger partial charge in [0.2, 0.25) is 5.91 Å². The molecule has 116 valence electrons. The molecule has 1 amide bonds. The maximum atomic E-state index is 12.0. The fraction of sp³-hybridized carbons (Fsp3) is 0.235. The van der Waals surface area contributed by atoms with Crippen molar-refractivity contribution in [2.24, 2.45) is 0 Å². The maximum absolute atomic E-state index is 12.0. The van der Waals surface area contributed by atoms with Crippen molar-refractivity contribution >= 4 is 17.5 Å². The third kappa shape index (κ3) is 4.40. The van der Waals surface area contributed by atoms with E-state index in [2.05, 4.69) is 5.32 Å². The molecule has 22 heavy (non-hydrogen) atoms. The first-order valence-corrected chi connectivity index (χ1v) is 7.22. The van der Waals surface area contributed by atoms with Crippen LogP contribution in [0.5, 0.6) is 11.5 Å². The highest BCUT2D eigenvalue weighted by Crippen LogP contribution is 2.22. The SMILES string of the molecule is COc1cc(CNC(=O)Cc2ccccc2Cl)cc(OC)c1. The van der Waals surface area contributed by atoms with E-state index < -0.39 is 0 Å². The molecule has 0 heterocycles. The molecule has 2 rings (SSSR count). The second kappa shape index (κ2) is 7.71. The first-order valence-electron chi connectivity index (χ1n) is 6.84. The van der Waals surface area contributed by atoms with Gasteiger partial charge in [-0.15, -0.1) is 0 Å². The quantitative estimate of drug-likeness (QED) is 0.889. The third-order valence-corrected chi connectivity index (χ3v) is 3.58. The van der Waals surface area contributed by atoms with Crippen molar-refractivity contribution in [2.45, 2.75) is 13.0 Å². The lowest BCUT2D eigenvalue weighted by atomic mass is 10.1. The fourth-order valence-electron chi connectivity index (χ4n) is 2.05. The molecule has 2 aromatic rings. The first-order chi connectivity index (χ1) is 10.6. The zero-order valence-corrected chi connectivity index (χ0v) is 13.3. The van der Waals surface area contributed by atoms with Gasteiger partial charge in [-0.2, -0.15) is 0 Å². The largest absolute Gasteiger partial charge is 0.497 e. The highest BCUT2D eigenvalue weighted by Gasteiger charge is 2.07. The predicted octanol–water partition coefficient (Wildman–Crippen LogP) is 3.22. The number of methoxy groups -OCH3 is 2. The number of halogens is 1. The number of rotatable bonds is 6. The van der Waals surface area contributed by atoms with Crippen molar-refractivity contribution < 1.29 is 14.3 Å². The highest BCUT2D eigenvalue weighted by atomic mass is 35.5. The number of amides is 1.